The molecule has 0 bridgehead atoms. The third kappa shape index (κ3) is 7.56. The van der Waals surface area contributed by atoms with Gasteiger partial charge in [-0.3, -0.25) is 13.9 Å². The van der Waals surface area contributed by atoms with Crippen molar-refractivity contribution in [2.24, 2.45) is 0 Å². The summed E-state index contributed by atoms with van der Waals surface area (Å²) >= 11 is 12.5. The van der Waals surface area contributed by atoms with Crippen LogP contribution >= 0.6 is 23.2 Å². The normalized spacial score (nSPS) is 14.3. The molecular formula is C31H35Cl2N3O5S. The zero-order valence-electron chi connectivity index (χ0n) is 23.6. The van der Waals surface area contributed by atoms with Crippen LogP contribution in [0.4, 0.5) is 5.69 Å². The van der Waals surface area contributed by atoms with Crippen molar-refractivity contribution >= 4 is 50.7 Å². The Balaban J connectivity index is 1.73. The molecule has 3 aromatic rings. The van der Waals surface area contributed by atoms with Gasteiger partial charge in [-0.2, -0.15) is 0 Å². The fraction of sp³-hybridized carbons (Fsp3) is 0.355. The van der Waals surface area contributed by atoms with Crippen LogP contribution in [0.2, 0.25) is 10.0 Å². The van der Waals surface area contributed by atoms with E-state index < -0.39 is 28.5 Å². The summed E-state index contributed by atoms with van der Waals surface area (Å²) in [6.07, 6.45) is 3.85. The van der Waals surface area contributed by atoms with E-state index in [1.807, 2.05) is 0 Å². The van der Waals surface area contributed by atoms with E-state index in [4.69, 9.17) is 27.9 Å². The third-order valence-corrected chi connectivity index (χ3v) is 9.68. The molecule has 3 aromatic carbocycles. The maximum Gasteiger partial charge on any atom is 0.264 e. The number of rotatable bonds is 12. The summed E-state index contributed by atoms with van der Waals surface area (Å²) in [5.74, 6) is -0.577. The molecule has 1 saturated carbocycles. The molecule has 1 N–H and O–H groups in total. The molecule has 1 aliphatic rings. The number of halogens is 2. The third-order valence-electron chi connectivity index (χ3n) is 7.28. The second-order valence-electron chi connectivity index (χ2n) is 10.1. The number of ether oxygens (including phenoxy) is 1. The average Bonchev–Trinajstić information content (AvgIpc) is 3.49. The molecule has 0 radical (unpaired) electrons. The predicted molar refractivity (Wildman–Crippen MR) is 165 cm³/mol. The molecule has 1 aliphatic carbocycles. The largest absolute Gasteiger partial charge is 0.492 e. The lowest BCUT2D eigenvalue weighted by molar-refractivity contribution is -0.139. The summed E-state index contributed by atoms with van der Waals surface area (Å²) in [4.78, 5) is 28.9. The minimum absolute atomic E-state index is 0.0136. The molecule has 0 aromatic heterocycles. The highest BCUT2D eigenvalue weighted by atomic mass is 35.5. The molecule has 42 heavy (non-hydrogen) atoms. The maximum absolute atomic E-state index is 14.2. The second kappa shape index (κ2) is 14.3. The molecule has 8 nitrogen and oxygen atoms in total. The molecule has 1 atom stereocenters. The van der Waals surface area contributed by atoms with Gasteiger partial charge in [-0.05, 0) is 74.7 Å². The van der Waals surface area contributed by atoms with Crippen molar-refractivity contribution in [3.05, 3.63) is 88.4 Å². The number of nitrogens with one attached hydrogen (secondary N) is 1. The molecule has 2 amide bonds. The van der Waals surface area contributed by atoms with Gasteiger partial charge in [-0.15, -0.1) is 0 Å². The van der Waals surface area contributed by atoms with Gasteiger partial charge >= 0.3 is 0 Å². The number of carbonyl (C=O) groups is 2. The summed E-state index contributed by atoms with van der Waals surface area (Å²) in [7, 11) is -4.27. The Kier molecular flexibility index (Phi) is 10.8. The smallest absolute Gasteiger partial charge is 0.264 e. The van der Waals surface area contributed by atoms with Gasteiger partial charge in [0, 0.05) is 22.6 Å². The molecule has 1 unspecified atom stereocenters. The van der Waals surface area contributed by atoms with E-state index >= 15 is 0 Å². The van der Waals surface area contributed by atoms with Crippen LogP contribution < -0.4 is 14.4 Å². The van der Waals surface area contributed by atoms with Gasteiger partial charge in [0.25, 0.3) is 10.0 Å². The molecule has 11 heteroatoms. The highest BCUT2D eigenvalue weighted by Crippen LogP contribution is 2.33. The van der Waals surface area contributed by atoms with Crippen LogP contribution in [0.15, 0.2) is 77.7 Å². The lowest BCUT2D eigenvalue weighted by Gasteiger charge is -2.33. The molecule has 0 aliphatic heterocycles. The van der Waals surface area contributed by atoms with Gasteiger partial charge < -0.3 is 15.0 Å². The highest BCUT2D eigenvalue weighted by molar-refractivity contribution is 7.92. The van der Waals surface area contributed by atoms with E-state index in [1.54, 1.807) is 62.4 Å². The van der Waals surface area contributed by atoms with Crippen molar-refractivity contribution < 1.29 is 22.7 Å². The Morgan fingerprint density at radius 1 is 0.976 bits per heavy atom. The summed E-state index contributed by atoms with van der Waals surface area (Å²) in [6, 6.07) is 18.6. The number of amides is 2. The molecule has 0 heterocycles. The van der Waals surface area contributed by atoms with Gasteiger partial charge in [-0.25, -0.2) is 8.42 Å². The summed E-state index contributed by atoms with van der Waals surface area (Å²) in [5, 5.41) is 3.87. The van der Waals surface area contributed by atoms with Gasteiger partial charge in [0.15, 0.2) is 0 Å². The topological polar surface area (TPSA) is 96.0 Å². The van der Waals surface area contributed by atoms with Crippen molar-refractivity contribution in [1.82, 2.24) is 10.2 Å². The summed E-state index contributed by atoms with van der Waals surface area (Å²) < 4.78 is 34.9. The minimum atomic E-state index is -4.27. The molecular weight excluding hydrogens is 597 g/mol. The second-order valence-corrected chi connectivity index (χ2v) is 12.9. The van der Waals surface area contributed by atoms with Gasteiger partial charge in [-0.1, -0.05) is 66.4 Å². The zero-order valence-corrected chi connectivity index (χ0v) is 26.0. The Morgan fingerprint density at radius 2 is 1.62 bits per heavy atom. The molecule has 4 rings (SSSR count). The number of anilines is 1. The van der Waals surface area contributed by atoms with E-state index in [9.17, 15) is 18.0 Å². The molecule has 0 spiro atoms. The fourth-order valence-electron chi connectivity index (χ4n) is 4.97. The monoisotopic (exact) mass is 631 g/mol. The first-order chi connectivity index (χ1) is 20.1. The number of sulfonamides is 1. The Bertz CT molecular complexity index is 1490. The number of hydrogen-bond donors (Lipinski definition) is 1. The number of hydrogen-bond acceptors (Lipinski definition) is 5. The van der Waals surface area contributed by atoms with Crippen molar-refractivity contribution in [3.63, 3.8) is 0 Å². The SMILES string of the molecule is CCOc1ccccc1N(CC(=O)N(Cc1ccccc1Cl)C(C)C(=O)NC1CCCC1)S(=O)(=O)c1ccc(Cl)cc1. The lowest BCUT2D eigenvalue weighted by Crippen LogP contribution is -2.52. The first kappa shape index (κ1) is 31.7. The van der Waals surface area contributed by atoms with Crippen molar-refractivity contribution in [3.8, 4) is 5.75 Å². The van der Waals surface area contributed by atoms with E-state index in [2.05, 4.69) is 5.32 Å². The van der Waals surface area contributed by atoms with E-state index in [1.165, 1.54) is 29.2 Å². The van der Waals surface area contributed by atoms with Crippen LogP contribution in [0.1, 0.15) is 45.1 Å². The standard InChI is InChI=1S/C31H35Cl2N3O5S/c1-3-41-29-15-9-8-14-28(29)36(42(39,40)26-18-16-24(32)17-19-26)21-30(37)35(20-23-10-4-7-13-27(23)33)22(2)31(38)34-25-11-5-6-12-25/h4,7-10,13-19,22,25H,3,5-6,11-12,20-21H2,1-2H3,(H,34,38). The van der Waals surface area contributed by atoms with Crippen molar-refractivity contribution in [2.45, 2.75) is 63.1 Å². The van der Waals surface area contributed by atoms with Crippen LogP contribution in [-0.2, 0) is 26.2 Å². The molecule has 0 saturated heterocycles. The summed E-state index contributed by atoms with van der Waals surface area (Å²) in [6.45, 7) is 3.15. The zero-order chi connectivity index (χ0) is 30.3. The van der Waals surface area contributed by atoms with E-state index in [-0.39, 0.29) is 35.7 Å². The van der Waals surface area contributed by atoms with E-state index in [0.29, 0.717) is 21.4 Å². The lowest BCUT2D eigenvalue weighted by atomic mass is 10.1. The van der Waals surface area contributed by atoms with Gasteiger partial charge in [0.2, 0.25) is 11.8 Å². The van der Waals surface area contributed by atoms with Gasteiger partial charge in [0.1, 0.15) is 18.3 Å². The van der Waals surface area contributed by atoms with Crippen LogP contribution in [-0.4, -0.2) is 50.4 Å². The van der Waals surface area contributed by atoms with Crippen LogP contribution in [0.3, 0.4) is 0 Å². The van der Waals surface area contributed by atoms with Crippen molar-refractivity contribution in [1.29, 1.82) is 0 Å². The first-order valence-corrected chi connectivity index (χ1v) is 16.1. The van der Waals surface area contributed by atoms with E-state index in [0.717, 1.165) is 30.0 Å². The number of nitrogens with zero attached hydrogens (tertiary/aromatic N) is 2. The van der Waals surface area contributed by atoms with Crippen LogP contribution in [0, 0.1) is 0 Å². The highest BCUT2D eigenvalue weighted by Gasteiger charge is 2.34. The maximum atomic E-state index is 14.2. The fourth-order valence-corrected chi connectivity index (χ4v) is 6.72. The Morgan fingerprint density at radius 3 is 2.29 bits per heavy atom. The number of benzene rings is 3. The summed E-state index contributed by atoms with van der Waals surface area (Å²) in [5.41, 5.74) is 0.832. The number of para-hydroxylation sites is 2. The number of carbonyl (C=O) groups excluding carboxylic acids is 2. The van der Waals surface area contributed by atoms with Crippen LogP contribution in [0.25, 0.3) is 0 Å². The average molecular weight is 633 g/mol. The molecule has 1 fully saturated rings. The Hall–Kier alpha value is -3.27. The minimum Gasteiger partial charge on any atom is -0.492 e. The first-order valence-electron chi connectivity index (χ1n) is 13.9. The Labute approximate surface area is 257 Å². The predicted octanol–water partition coefficient (Wildman–Crippen LogP) is 6.06. The quantitative estimate of drug-likeness (QED) is 0.262. The van der Waals surface area contributed by atoms with Crippen molar-refractivity contribution in [2.75, 3.05) is 17.5 Å². The van der Waals surface area contributed by atoms with Crippen LogP contribution in [0.5, 0.6) is 5.75 Å². The molecule has 224 valence electrons. The van der Waals surface area contributed by atoms with Gasteiger partial charge in [0.05, 0.1) is 17.2 Å².